The van der Waals surface area contributed by atoms with Crippen LogP contribution in [0.25, 0.3) is 11.0 Å². The number of rotatable bonds is 3. The Morgan fingerprint density at radius 2 is 1.64 bits per heavy atom. The van der Waals surface area contributed by atoms with Gasteiger partial charge < -0.3 is 13.7 Å². The van der Waals surface area contributed by atoms with Crippen molar-refractivity contribution in [1.29, 1.82) is 0 Å². The van der Waals surface area contributed by atoms with Gasteiger partial charge in [-0.3, -0.25) is 4.79 Å². The van der Waals surface area contributed by atoms with Crippen molar-refractivity contribution in [2.24, 2.45) is 0 Å². The molecule has 1 aliphatic heterocycles. The van der Waals surface area contributed by atoms with Gasteiger partial charge in [0.1, 0.15) is 5.58 Å². The topological polar surface area (TPSA) is 72.4 Å². The van der Waals surface area contributed by atoms with Crippen LogP contribution in [0.2, 0.25) is 0 Å². The molecule has 0 spiro atoms. The minimum Gasteiger partial charge on any atom is -0.451 e. The van der Waals surface area contributed by atoms with Crippen LogP contribution in [0, 0.1) is 0 Å². The van der Waals surface area contributed by atoms with Crippen molar-refractivity contribution in [2.45, 2.75) is 37.5 Å². The molecule has 2 aliphatic rings. The van der Waals surface area contributed by atoms with E-state index in [0.29, 0.717) is 24.8 Å². The lowest BCUT2D eigenvalue weighted by Gasteiger charge is -2.29. The molecule has 0 atom stereocenters. The van der Waals surface area contributed by atoms with Crippen LogP contribution in [0.15, 0.2) is 39.2 Å². The predicted molar refractivity (Wildman–Crippen MR) is 90.4 cm³/mol. The predicted octanol–water partition coefficient (Wildman–Crippen LogP) is 3.71. The number of fused-ring (bicyclic) bond motifs is 1. The van der Waals surface area contributed by atoms with Gasteiger partial charge in [0.2, 0.25) is 11.8 Å². The maximum Gasteiger partial charge on any atom is 0.289 e. The minimum atomic E-state index is -0.0427. The summed E-state index contributed by atoms with van der Waals surface area (Å²) in [5.74, 6) is 2.62. The van der Waals surface area contributed by atoms with Gasteiger partial charge in [0.15, 0.2) is 5.76 Å². The Morgan fingerprint density at radius 3 is 2.32 bits per heavy atom. The molecule has 5 rings (SSSR count). The summed E-state index contributed by atoms with van der Waals surface area (Å²) in [5, 5.41) is 9.34. The van der Waals surface area contributed by atoms with Crippen LogP contribution in [0.1, 0.15) is 59.9 Å². The first-order valence-corrected chi connectivity index (χ1v) is 8.89. The van der Waals surface area contributed by atoms with Crippen LogP contribution >= 0.6 is 0 Å². The minimum absolute atomic E-state index is 0.0427. The van der Waals surface area contributed by atoms with Crippen molar-refractivity contribution in [2.75, 3.05) is 13.1 Å². The van der Waals surface area contributed by atoms with Gasteiger partial charge in [-0.25, -0.2) is 0 Å². The molecule has 1 saturated carbocycles. The SMILES string of the molecule is O=C(c1cc2ccccc2o1)N1CCC(c2nnc(C3CC3)o2)CC1. The lowest BCUT2D eigenvalue weighted by Crippen LogP contribution is -2.37. The van der Waals surface area contributed by atoms with E-state index >= 15 is 0 Å². The summed E-state index contributed by atoms with van der Waals surface area (Å²) in [6.07, 6.45) is 4.01. The van der Waals surface area contributed by atoms with E-state index in [1.807, 2.05) is 35.2 Å². The van der Waals surface area contributed by atoms with Crippen molar-refractivity contribution in [3.8, 4) is 0 Å². The molecule has 1 saturated heterocycles. The van der Waals surface area contributed by atoms with Crippen molar-refractivity contribution in [1.82, 2.24) is 15.1 Å². The molecule has 3 aromatic rings. The average Bonchev–Trinajstić information content (AvgIpc) is 3.22. The second-order valence-corrected chi connectivity index (χ2v) is 6.97. The van der Waals surface area contributed by atoms with Crippen LogP contribution in [-0.4, -0.2) is 34.1 Å². The fraction of sp³-hybridized carbons (Fsp3) is 0.421. The van der Waals surface area contributed by atoms with E-state index in [1.54, 1.807) is 0 Å². The molecule has 25 heavy (non-hydrogen) atoms. The van der Waals surface area contributed by atoms with Gasteiger partial charge in [0.05, 0.1) is 0 Å². The smallest absolute Gasteiger partial charge is 0.289 e. The number of benzene rings is 1. The number of carbonyl (C=O) groups excluding carboxylic acids is 1. The zero-order valence-electron chi connectivity index (χ0n) is 13.9. The first-order chi connectivity index (χ1) is 12.3. The van der Waals surface area contributed by atoms with Crippen LogP contribution in [0.3, 0.4) is 0 Å². The Morgan fingerprint density at radius 1 is 0.960 bits per heavy atom. The third-order valence-electron chi connectivity index (χ3n) is 5.15. The van der Waals surface area contributed by atoms with E-state index in [-0.39, 0.29) is 11.8 Å². The number of amides is 1. The van der Waals surface area contributed by atoms with Crippen LogP contribution in [-0.2, 0) is 0 Å². The summed E-state index contributed by atoms with van der Waals surface area (Å²) < 4.78 is 11.5. The highest BCUT2D eigenvalue weighted by atomic mass is 16.4. The van der Waals surface area contributed by atoms with Gasteiger partial charge >= 0.3 is 0 Å². The van der Waals surface area contributed by atoms with Crippen LogP contribution < -0.4 is 0 Å². The average molecular weight is 337 g/mol. The second-order valence-electron chi connectivity index (χ2n) is 6.97. The third-order valence-corrected chi connectivity index (χ3v) is 5.15. The summed E-state index contributed by atoms with van der Waals surface area (Å²) in [7, 11) is 0. The number of furan rings is 1. The highest BCUT2D eigenvalue weighted by Crippen LogP contribution is 2.40. The maximum atomic E-state index is 12.7. The monoisotopic (exact) mass is 337 g/mol. The molecule has 6 nitrogen and oxygen atoms in total. The molecule has 0 unspecified atom stereocenters. The van der Waals surface area contributed by atoms with E-state index in [4.69, 9.17) is 8.83 Å². The van der Waals surface area contributed by atoms with Crippen molar-refractivity contribution >= 4 is 16.9 Å². The fourth-order valence-corrected chi connectivity index (χ4v) is 3.48. The summed E-state index contributed by atoms with van der Waals surface area (Å²) in [6.45, 7) is 1.36. The van der Waals surface area contributed by atoms with Crippen molar-refractivity contribution in [3.05, 3.63) is 47.9 Å². The molecule has 2 aromatic heterocycles. The lowest BCUT2D eigenvalue weighted by atomic mass is 9.96. The van der Waals surface area contributed by atoms with Crippen molar-refractivity contribution < 1.29 is 13.6 Å². The van der Waals surface area contributed by atoms with E-state index in [9.17, 15) is 4.79 Å². The second kappa shape index (κ2) is 5.72. The van der Waals surface area contributed by atoms with Crippen LogP contribution in [0.5, 0.6) is 0 Å². The van der Waals surface area contributed by atoms with E-state index in [2.05, 4.69) is 10.2 Å². The molecule has 0 radical (unpaired) electrons. The molecule has 128 valence electrons. The Balaban J connectivity index is 1.26. The summed E-state index contributed by atoms with van der Waals surface area (Å²) in [5.41, 5.74) is 0.749. The Labute approximate surface area is 144 Å². The highest BCUT2D eigenvalue weighted by Gasteiger charge is 2.32. The zero-order chi connectivity index (χ0) is 16.8. The largest absolute Gasteiger partial charge is 0.451 e. The molecule has 3 heterocycles. The quantitative estimate of drug-likeness (QED) is 0.728. The molecule has 6 heteroatoms. The number of carbonyl (C=O) groups is 1. The number of piperidine rings is 1. The van der Waals surface area contributed by atoms with E-state index in [0.717, 1.165) is 48.4 Å². The van der Waals surface area contributed by atoms with Crippen molar-refractivity contribution in [3.63, 3.8) is 0 Å². The van der Waals surface area contributed by atoms with Gasteiger partial charge in [-0.15, -0.1) is 10.2 Å². The summed E-state index contributed by atoms with van der Waals surface area (Å²) in [6, 6.07) is 9.51. The Bertz CT molecular complexity index is 884. The molecule has 1 amide bonds. The lowest BCUT2D eigenvalue weighted by molar-refractivity contribution is 0.0676. The van der Waals surface area contributed by atoms with Crippen LogP contribution in [0.4, 0.5) is 0 Å². The number of para-hydroxylation sites is 1. The molecular formula is C19H19N3O3. The van der Waals surface area contributed by atoms with Gasteiger partial charge in [-0.05, 0) is 37.8 Å². The molecular weight excluding hydrogens is 318 g/mol. The maximum absolute atomic E-state index is 12.7. The fourth-order valence-electron chi connectivity index (χ4n) is 3.48. The number of aromatic nitrogens is 2. The third kappa shape index (κ3) is 2.71. The molecule has 2 fully saturated rings. The Kier molecular flexibility index (Phi) is 3.36. The molecule has 0 N–H and O–H groups in total. The molecule has 1 aromatic carbocycles. The van der Waals surface area contributed by atoms with Gasteiger partial charge in [0.25, 0.3) is 5.91 Å². The van der Waals surface area contributed by atoms with Gasteiger partial charge in [0, 0.05) is 30.3 Å². The normalized spacial score (nSPS) is 18.8. The molecule has 1 aliphatic carbocycles. The van der Waals surface area contributed by atoms with Gasteiger partial charge in [-0.1, -0.05) is 18.2 Å². The number of hydrogen-bond acceptors (Lipinski definition) is 5. The van der Waals surface area contributed by atoms with Gasteiger partial charge in [-0.2, -0.15) is 0 Å². The Hall–Kier alpha value is -2.63. The number of likely N-dealkylation sites (tertiary alicyclic amines) is 1. The standard InChI is InChI=1S/C19H19N3O3/c23-19(16-11-14-3-1-2-4-15(14)24-16)22-9-7-13(8-10-22)18-21-20-17(25-18)12-5-6-12/h1-4,11-13H,5-10H2. The molecule has 0 bridgehead atoms. The van der Waals surface area contributed by atoms with E-state index < -0.39 is 0 Å². The summed E-state index contributed by atoms with van der Waals surface area (Å²) >= 11 is 0. The number of nitrogens with zero attached hydrogens (tertiary/aromatic N) is 3. The zero-order valence-corrected chi connectivity index (χ0v) is 13.9. The summed E-state index contributed by atoms with van der Waals surface area (Å²) in [4.78, 5) is 14.5. The first kappa shape index (κ1) is 14.7. The number of hydrogen-bond donors (Lipinski definition) is 0. The highest BCUT2D eigenvalue weighted by molar-refractivity contribution is 5.96. The first-order valence-electron chi connectivity index (χ1n) is 8.89. The van der Waals surface area contributed by atoms with E-state index in [1.165, 1.54) is 0 Å².